The Morgan fingerprint density at radius 1 is 1.03 bits per heavy atom. The third-order valence-electron chi connectivity index (χ3n) is 6.91. The lowest BCUT2D eigenvalue weighted by molar-refractivity contribution is -0.145. The summed E-state index contributed by atoms with van der Waals surface area (Å²) in [6.45, 7) is 8.14. The highest BCUT2D eigenvalue weighted by Gasteiger charge is 2.43. The molecule has 0 saturated heterocycles. The number of carboxylic acids is 1. The van der Waals surface area contributed by atoms with Crippen LogP contribution >= 0.6 is 0 Å². The normalized spacial score (nSPS) is 16.0. The molecule has 1 aromatic heterocycles. The monoisotopic (exact) mass is 476 g/mol. The van der Waals surface area contributed by atoms with Crippen LogP contribution in [0.3, 0.4) is 0 Å². The van der Waals surface area contributed by atoms with Crippen LogP contribution in [0.15, 0.2) is 57.5 Å². The van der Waals surface area contributed by atoms with Crippen molar-refractivity contribution in [2.24, 2.45) is 10.2 Å². The minimum Gasteiger partial charge on any atom is -0.508 e. The Hall–Kier alpha value is -3.68. The summed E-state index contributed by atoms with van der Waals surface area (Å²) < 4.78 is 1.43. The summed E-state index contributed by atoms with van der Waals surface area (Å²) in [6.07, 6.45) is 3.61. The average molecular weight is 477 g/mol. The lowest BCUT2D eigenvalue weighted by atomic mass is 9.69. The van der Waals surface area contributed by atoms with Gasteiger partial charge < -0.3 is 10.2 Å². The van der Waals surface area contributed by atoms with E-state index in [9.17, 15) is 19.8 Å². The Morgan fingerprint density at radius 2 is 1.69 bits per heavy atom. The van der Waals surface area contributed by atoms with Gasteiger partial charge in [0.05, 0.1) is 22.5 Å². The highest BCUT2D eigenvalue weighted by Crippen LogP contribution is 2.44. The molecule has 0 unspecified atom stereocenters. The number of aryl methyl sites for hydroxylation is 1. The predicted molar refractivity (Wildman–Crippen MR) is 135 cm³/mol. The summed E-state index contributed by atoms with van der Waals surface area (Å²) in [7, 11) is 0. The van der Waals surface area contributed by atoms with Gasteiger partial charge in [0.2, 0.25) is 0 Å². The van der Waals surface area contributed by atoms with Crippen LogP contribution in [-0.4, -0.2) is 26.0 Å². The summed E-state index contributed by atoms with van der Waals surface area (Å²) in [5.74, 6) is -1.03. The molecule has 0 atom stereocenters. The van der Waals surface area contributed by atoms with E-state index in [4.69, 9.17) is 0 Å². The Labute approximate surface area is 204 Å². The molecule has 8 nitrogen and oxygen atoms in total. The summed E-state index contributed by atoms with van der Waals surface area (Å²) >= 11 is 0. The van der Waals surface area contributed by atoms with Gasteiger partial charge >= 0.3 is 5.97 Å². The van der Waals surface area contributed by atoms with Crippen molar-refractivity contribution in [3.05, 3.63) is 69.6 Å². The summed E-state index contributed by atoms with van der Waals surface area (Å²) in [5.41, 5.74) is 1.94. The number of benzene rings is 2. The van der Waals surface area contributed by atoms with Crippen LogP contribution in [0.4, 0.5) is 11.4 Å². The van der Waals surface area contributed by atoms with Crippen LogP contribution < -0.4 is 5.56 Å². The number of nitrogens with one attached hydrogen (secondary N) is 1. The number of aromatic hydroxyl groups is 1. The molecule has 184 valence electrons. The Kier molecular flexibility index (Phi) is 6.40. The van der Waals surface area contributed by atoms with Gasteiger partial charge in [-0.15, -0.1) is 5.11 Å². The van der Waals surface area contributed by atoms with Crippen LogP contribution in [0.2, 0.25) is 0 Å². The van der Waals surface area contributed by atoms with E-state index >= 15 is 0 Å². The first-order chi connectivity index (χ1) is 16.5. The number of aromatic nitrogens is 2. The zero-order valence-corrected chi connectivity index (χ0v) is 20.6. The number of carbonyl (C=O) groups is 1. The van der Waals surface area contributed by atoms with Gasteiger partial charge in [0.25, 0.3) is 5.56 Å². The molecule has 0 amide bonds. The standard InChI is InChI=1S/C27H32N4O4/c1-17-23(24(33)31(30-17)20-11-8-18(9-12-20)26(2,3)4)29-28-19-10-13-21(22(32)16-19)27(25(34)35)14-6-5-7-15-27/h8-13,16,30,32H,5-7,14-15H2,1-4H3,(H,34,35). The van der Waals surface area contributed by atoms with Gasteiger partial charge in [-0.05, 0) is 48.9 Å². The first-order valence-corrected chi connectivity index (χ1v) is 11.9. The summed E-state index contributed by atoms with van der Waals surface area (Å²) in [4.78, 5) is 25.1. The molecular formula is C27H32N4O4. The van der Waals surface area contributed by atoms with E-state index in [0.29, 0.717) is 35.5 Å². The van der Waals surface area contributed by atoms with Crippen molar-refractivity contribution < 1.29 is 15.0 Å². The second-order valence-electron chi connectivity index (χ2n) is 10.4. The lowest BCUT2D eigenvalue weighted by Gasteiger charge is -2.34. The molecule has 1 heterocycles. The quantitative estimate of drug-likeness (QED) is 0.381. The van der Waals surface area contributed by atoms with Crippen LogP contribution in [-0.2, 0) is 15.6 Å². The molecule has 1 aliphatic rings. The number of carboxylic acid groups (broad SMARTS) is 1. The Morgan fingerprint density at radius 3 is 2.26 bits per heavy atom. The van der Waals surface area contributed by atoms with Gasteiger partial charge in [-0.3, -0.25) is 14.7 Å². The maximum Gasteiger partial charge on any atom is 0.314 e. The number of H-pyrrole nitrogens is 1. The number of phenols is 1. The predicted octanol–water partition coefficient (Wildman–Crippen LogP) is 6.18. The van der Waals surface area contributed by atoms with Crippen molar-refractivity contribution >= 4 is 17.3 Å². The Balaban J connectivity index is 1.61. The van der Waals surface area contributed by atoms with Gasteiger partial charge in [-0.2, -0.15) is 5.11 Å². The molecule has 4 rings (SSSR count). The van der Waals surface area contributed by atoms with E-state index in [1.807, 2.05) is 24.3 Å². The van der Waals surface area contributed by atoms with Crippen molar-refractivity contribution in [1.82, 2.24) is 9.78 Å². The minimum absolute atomic E-state index is 0.0106. The third-order valence-corrected chi connectivity index (χ3v) is 6.91. The third kappa shape index (κ3) is 4.65. The zero-order valence-electron chi connectivity index (χ0n) is 20.6. The average Bonchev–Trinajstić information content (AvgIpc) is 3.10. The number of hydrogen-bond acceptors (Lipinski definition) is 5. The molecule has 0 radical (unpaired) electrons. The van der Waals surface area contributed by atoms with Crippen LogP contribution in [0.1, 0.15) is 69.7 Å². The molecule has 1 fully saturated rings. The second-order valence-corrected chi connectivity index (χ2v) is 10.4. The van der Waals surface area contributed by atoms with Crippen molar-refractivity contribution in [3.8, 4) is 11.4 Å². The molecule has 35 heavy (non-hydrogen) atoms. The number of aromatic amines is 1. The molecule has 2 aromatic carbocycles. The summed E-state index contributed by atoms with van der Waals surface area (Å²) in [6, 6.07) is 12.4. The van der Waals surface area contributed by atoms with Crippen molar-refractivity contribution in [2.45, 2.75) is 70.6 Å². The fourth-order valence-corrected chi connectivity index (χ4v) is 4.80. The number of rotatable bonds is 5. The highest BCUT2D eigenvalue weighted by atomic mass is 16.4. The minimum atomic E-state index is -1.08. The maximum absolute atomic E-state index is 13.0. The van der Waals surface area contributed by atoms with E-state index in [-0.39, 0.29) is 22.4 Å². The fraction of sp³-hybridized carbons (Fsp3) is 0.407. The van der Waals surface area contributed by atoms with Crippen molar-refractivity contribution in [2.75, 3.05) is 0 Å². The van der Waals surface area contributed by atoms with Crippen LogP contribution in [0.25, 0.3) is 5.69 Å². The Bertz CT molecular complexity index is 1320. The smallest absolute Gasteiger partial charge is 0.314 e. The number of phenolic OH excluding ortho intramolecular Hbond substituents is 1. The fourth-order valence-electron chi connectivity index (χ4n) is 4.80. The van der Waals surface area contributed by atoms with Crippen LogP contribution in [0, 0.1) is 6.92 Å². The zero-order chi connectivity index (χ0) is 25.4. The first kappa shape index (κ1) is 24.4. The lowest BCUT2D eigenvalue weighted by Crippen LogP contribution is -2.37. The van der Waals surface area contributed by atoms with E-state index in [1.165, 1.54) is 16.3 Å². The molecule has 8 heteroatoms. The summed E-state index contributed by atoms with van der Waals surface area (Å²) in [5, 5.41) is 31.9. The van der Waals surface area contributed by atoms with Gasteiger partial charge in [-0.1, -0.05) is 58.2 Å². The van der Waals surface area contributed by atoms with Crippen molar-refractivity contribution in [3.63, 3.8) is 0 Å². The molecule has 3 N–H and O–H groups in total. The van der Waals surface area contributed by atoms with E-state index in [1.54, 1.807) is 19.1 Å². The molecule has 1 aliphatic carbocycles. The van der Waals surface area contributed by atoms with Gasteiger partial charge in [0.1, 0.15) is 5.75 Å². The largest absolute Gasteiger partial charge is 0.508 e. The molecule has 3 aromatic rings. The number of azo groups is 1. The number of hydrogen-bond donors (Lipinski definition) is 3. The van der Waals surface area contributed by atoms with Crippen LogP contribution in [0.5, 0.6) is 5.75 Å². The topological polar surface area (TPSA) is 120 Å². The molecule has 0 aliphatic heterocycles. The van der Waals surface area contributed by atoms with E-state index in [0.717, 1.165) is 19.3 Å². The SMILES string of the molecule is Cc1[nH]n(-c2ccc(C(C)(C)C)cc2)c(=O)c1N=Nc1ccc(C2(C(=O)O)CCCCC2)c(O)c1. The van der Waals surface area contributed by atoms with Gasteiger partial charge in [0, 0.05) is 11.6 Å². The molecular weight excluding hydrogens is 444 g/mol. The second kappa shape index (κ2) is 9.17. The molecule has 1 saturated carbocycles. The van der Waals surface area contributed by atoms with E-state index < -0.39 is 11.4 Å². The molecule has 0 spiro atoms. The number of nitrogens with zero attached hydrogens (tertiary/aromatic N) is 3. The van der Waals surface area contributed by atoms with E-state index in [2.05, 4.69) is 36.1 Å². The molecule has 0 bridgehead atoms. The first-order valence-electron chi connectivity index (χ1n) is 11.9. The van der Waals surface area contributed by atoms with Gasteiger partial charge in [-0.25, -0.2) is 4.68 Å². The van der Waals surface area contributed by atoms with Crippen molar-refractivity contribution in [1.29, 1.82) is 0 Å². The number of aliphatic carboxylic acids is 1. The highest BCUT2D eigenvalue weighted by molar-refractivity contribution is 5.83. The maximum atomic E-state index is 13.0. The van der Waals surface area contributed by atoms with Gasteiger partial charge in [0.15, 0.2) is 5.69 Å².